The van der Waals surface area contributed by atoms with Crippen LogP contribution in [0.5, 0.6) is 11.5 Å². The smallest absolute Gasteiger partial charge is 0.344 e. The molecule has 0 saturated carbocycles. The Labute approximate surface area is 215 Å². The summed E-state index contributed by atoms with van der Waals surface area (Å²) in [4.78, 5) is 36.9. The molecule has 2 amide bonds. The molecule has 0 aliphatic heterocycles. The van der Waals surface area contributed by atoms with Gasteiger partial charge < -0.3 is 19.5 Å². The molecule has 0 bridgehead atoms. The number of hydrazone groups is 1. The van der Waals surface area contributed by atoms with Crippen molar-refractivity contribution in [3.63, 3.8) is 0 Å². The Morgan fingerprint density at radius 2 is 1.65 bits per heavy atom. The quantitative estimate of drug-likeness (QED) is 0.222. The highest BCUT2D eigenvalue weighted by molar-refractivity contribution is 5.94. The van der Waals surface area contributed by atoms with Crippen LogP contribution < -0.4 is 20.2 Å². The normalized spacial score (nSPS) is 11.4. The van der Waals surface area contributed by atoms with Gasteiger partial charge in [-0.1, -0.05) is 48.5 Å². The number of ether oxygens (including phenoxy) is 3. The van der Waals surface area contributed by atoms with Crippen molar-refractivity contribution in [1.29, 1.82) is 0 Å². The van der Waals surface area contributed by atoms with Crippen LogP contribution in [-0.2, 0) is 14.3 Å². The summed E-state index contributed by atoms with van der Waals surface area (Å²) >= 11 is 0. The zero-order chi connectivity index (χ0) is 26.5. The van der Waals surface area contributed by atoms with Gasteiger partial charge in [0.1, 0.15) is 0 Å². The molecule has 0 aliphatic carbocycles. The summed E-state index contributed by atoms with van der Waals surface area (Å²) in [5.41, 5.74) is 4.44. The van der Waals surface area contributed by atoms with Gasteiger partial charge in [-0.2, -0.15) is 5.10 Å². The predicted molar refractivity (Wildman–Crippen MR) is 139 cm³/mol. The van der Waals surface area contributed by atoms with Crippen LogP contribution in [0.1, 0.15) is 40.9 Å². The molecule has 1 atom stereocenters. The van der Waals surface area contributed by atoms with Crippen molar-refractivity contribution in [2.45, 2.75) is 19.4 Å². The van der Waals surface area contributed by atoms with Gasteiger partial charge in [-0.3, -0.25) is 9.59 Å². The van der Waals surface area contributed by atoms with Gasteiger partial charge >= 0.3 is 5.97 Å². The van der Waals surface area contributed by atoms with E-state index >= 15 is 0 Å². The first-order valence-corrected chi connectivity index (χ1v) is 11.7. The number of methoxy groups -OCH3 is 1. The highest BCUT2D eigenvalue weighted by Gasteiger charge is 2.19. The van der Waals surface area contributed by atoms with Gasteiger partial charge in [-0.15, -0.1) is 0 Å². The first-order chi connectivity index (χ1) is 18.0. The van der Waals surface area contributed by atoms with E-state index in [4.69, 9.17) is 14.2 Å². The number of nitrogens with zero attached hydrogens (tertiary/aromatic N) is 1. The summed E-state index contributed by atoms with van der Waals surface area (Å²) in [6.07, 6.45) is 1.44. The summed E-state index contributed by atoms with van der Waals surface area (Å²) in [6.45, 7) is 1.75. The van der Waals surface area contributed by atoms with E-state index in [1.807, 2.05) is 36.4 Å². The molecule has 9 nitrogen and oxygen atoms in total. The molecule has 0 radical (unpaired) electrons. The maximum Gasteiger partial charge on any atom is 0.344 e. The Bertz CT molecular complexity index is 1220. The second kappa shape index (κ2) is 14.0. The van der Waals surface area contributed by atoms with Crippen molar-refractivity contribution in [2.24, 2.45) is 5.10 Å². The summed E-state index contributed by atoms with van der Waals surface area (Å²) < 4.78 is 15.6. The number of benzene rings is 3. The second-order valence-electron chi connectivity index (χ2n) is 7.80. The van der Waals surface area contributed by atoms with E-state index in [1.165, 1.54) is 13.3 Å². The van der Waals surface area contributed by atoms with E-state index in [1.54, 1.807) is 49.4 Å². The van der Waals surface area contributed by atoms with Gasteiger partial charge in [0.05, 0.1) is 32.4 Å². The number of hydrogen-bond acceptors (Lipinski definition) is 7. The van der Waals surface area contributed by atoms with Crippen LogP contribution in [0.2, 0.25) is 0 Å². The van der Waals surface area contributed by atoms with Gasteiger partial charge in [0.25, 0.3) is 5.91 Å². The van der Waals surface area contributed by atoms with E-state index in [2.05, 4.69) is 15.8 Å². The lowest BCUT2D eigenvalue weighted by molar-refractivity contribution is -0.145. The van der Waals surface area contributed by atoms with Gasteiger partial charge in [0.2, 0.25) is 5.91 Å². The van der Waals surface area contributed by atoms with Crippen molar-refractivity contribution in [2.75, 3.05) is 20.3 Å². The Hall–Kier alpha value is -4.66. The van der Waals surface area contributed by atoms with Gasteiger partial charge in [0.15, 0.2) is 18.1 Å². The zero-order valence-corrected chi connectivity index (χ0v) is 20.7. The molecule has 0 fully saturated rings. The lowest BCUT2D eigenvalue weighted by atomic mass is 10.0. The molecule has 3 aromatic rings. The largest absolute Gasteiger partial charge is 0.493 e. The molecular weight excluding hydrogens is 474 g/mol. The van der Waals surface area contributed by atoms with Gasteiger partial charge in [-0.25, -0.2) is 10.2 Å². The number of carbonyl (C=O) groups excluding carboxylic acids is 3. The van der Waals surface area contributed by atoms with Crippen molar-refractivity contribution in [3.05, 3.63) is 95.6 Å². The predicted octanol–water partition coefficient (Wildman–Crippen LogP) is 3.65. The topological polar surface area (TPSA) is 115 Å². The Balaban J connectivity index is 1.61. The molecule has 9 heteroatoms. The Morgan fingerprint density at radius 1 is 0.946 bits per heavy atom. The summed E-state index contributed by atoms with van der Waals surface area (Å²) in [5, 5.41) is 6.94. The third-order valence-corrected chi connectivity index (χ3v) is 5.17. The fourth-order valence-electron chi connectivity index (χ4n) is 3.40. The molecule has 3 rings (SSSR count). The highest BCUT2D eigenvalue weighted by atomic mass is 16.6. The SMILES string of the molecule is CCOC(=O)COc1ccc(/C=N\NC(=O)C[C@H](NC(=O)c2ccccc2)c2ccccc2)cc1OC. The third-order valence-electron chi connectivity index (χ3n) is 5.17. The molecule has 0 aromatic heterocycles. The Morgan fingerprint density at radius 3 is 2.32 bits per heavy atom. The fraction of sp³-hybridized carbons (Fsp3) is 0.214. The lowest BCUT2D eigenvalue weighted by Crippen LogP contribution is -2.32. The average Bonchev–Trinajstić information content (AvgIpc) is 2.93. The van der Waals surface area contributed by atoms with Crippen LogP contribution in [0.3, 0.4) is 0 Å². The summed E-state index contributed by atoms with van der Waals surface area (Å²) in [7, 11) is 1.47. The number of esters is 1. The van der Waals surface area contributed by atoms with E-state index in [9.17, 15) is 14.4 Å². The first-order valence-electron chi connectivity index (χ1n) is 11.7. The van der Waals surface area contributed by atoms with Crippen molar-refractivity contribution < 1.29 is 28.6 Å². The second-order valence-corrected chi connectivity index (χ2v) is 7.80. The monoisotopic (exact) mass is 503 g/mol. The van der Waals surface area contributed by atoms with E-state index < -0.39 is 12.0 Å². The molecule has 0 saturated heterocycles. The molecule has 0 spiro atoms. The van der Waals surface area contributed by atoms with E-state index in [-0.39, 0.29) is 31.4 Å². The summed E-state index contributed by atoms with van der Waals surface area (Å²) in [5.74, 6) is -0.362. The minimum atomic E-state index is -0.542. The van der Waals surface area contributed by atoms with Gasteiger partial charge in [-0.05, 0) is 48.4 Å². The first kappa shape index (κ1) is 26.9. The van der Waals surface area contributed by atoms with Crippen LogP contribution in [0.25, 0.3) is 0 Å². The molecule has 0 aliphatic rings. The number of nitrogens with one attached hydrogen (secondary N) is 2. The number of carbonyl (C=O) groups is 3. The van der Waals surface area contributed by atoms with Crippen molar-refractivity contribution in [1.82, 2.24) is 10.7 Å². The molecule has 3 aromatic carbocycles. The third kappa shape index (κ3) is 8.50. The van der Waals surface area contributed by atoms with Crippen LogP contribution in [0.15, 0.2) is 84.0 Å². The standard InChI is InChI=1S/C28H29N3O6/c1-3-36-27(33)19-37-24-15-14-20(16-25(24)35-2)18-29-31-26(32)17-23(21-10-6-4-7-11-21)30-28(34)22-12-8-5-9-13-22/h4-16,18,23H,3,17,19H2,1-2H3,(H,30,34)(H,31,32)/b29-18-/t23-/m0/s1. The molecule has 0 heterocycles. The van der Waals surface area contributed by atoms with Crippen LogP contribution in [0, 0.1) is 0 Å². The van der Waals surface area contributed by atoms with Crippen molar-refractivity contribution in [3.8, 4) is 11.5 Å². The lowest BCUT2D eigenvalue weighted by Gasteiger charge is -2.18. The van der Waals surface area contributed by atoms with Crippen LogP contribution in [-0.4, -0.2) is 44.3 Å². The van der Waals surface area contributed by atoms with Crippen LogP contribution in [0.4, 0.5) is 0 Å². The van der Waals surface area contributed by atoms with Crippen molar-refractivity contribution >= 4 is 24.0 Å². The maximum atomic E-state index is 12.7. The van der Waals surface area contributed by atoms with E-state index in [0.29, 0.717) is 22.6 Å². The highest BCUT2D eigenvalue weighted by Crippen LogP contribution is 2.27. The Kier molecular flexibility index (Phi) is 10.2. The summed E-state index contributed by atoms with van der Waals surface area (Å²) in [6, 6.07) is 22.5. The zero-order valence-electron chi connectivity index (χ0n) is 20.7. The van der Waals surface area contributed by atoms with Gasteiger partial charge in [0, 0.05) is 5.56 Å². The fourth-order valence-corrected chi connectivity index (χ4v) is 3.40. The molecular formula is C28H29N3O6. The number of rotatable bonds is 12. The van der Waals surface area contributed by atoms with Crippen LogP contribution >= 0.6 is 0 Å². The average molecular weight is 504 g/mol. The molecule has 2 N–H and O–H groups in total. The molecule has 37 heavy (non-hydrogen) atoms. The minimum Gasteiger partial charge on any atom is -0.493 e. The number of hydrogen-bond donors (Lipinski definition) is 2. The van der Waals surface area contributed by atoms with E-state index in [0.717, 1.165) is 5.56 Å². The molecule has 0 unspecified atom stereocenters. The number of amides is 2. The molecule has 192 valence electrons. The minimum absolute atomic E-state index is 0.0100. The maximum absolute atomic E-state index is 12.7.